The Morgan fingerprint density at radius 1 is 1.06 bits per heavy atom. The number of hydrogen-bond donors (Lipinski definition) is 1. The van der Waals surface area contributed by atoms with Gasteiger partial charge in [-0.2, -0.15) is 0 Å². The summed E-state index contributed by atoms with van der Waals surface area (Å²) >= 11 is 6.75. The van der Waals surface area contributed by atoms with Crippen molar-refractivity contribution < 1.29 is 4.79 Å². The number of carbonyl (C=O) groups excluding carboxylic acids is 1. The minimum atomic E-state index is -0.110. The molecule has 0 unspecified atom stereocenters. The van der Waals surface area contributed by atoms with Crippen molar-refractivity contribution in [1.29, 1.82) is 0 Å². The lowest BCUT2D eigenvalue weighted by Crippen LogP contribution is -2.12. The van der Waals surface area contributed by atoms with E-state index in [0.717, 1.165) is 20.2 Å². The fourth-order valence-corrected chi connectivity index (χ4v) is 2.47. The van der Waals surface area contributed by atoms with Crippen LogP contribution < -0.4 is 5.32 Å². The summed E-state index contributed by atoms with van der Waals surface area (Å²) in [5.41, 5.74) is 2.47. The molecular formula is C14H11Br2NO. The van der Waals surface area contributed by atoms with E-state index in [1.165, 1.54) is 0 Å². The second kappa shape index (κ2) is 5.67. The van der Waals surface area contributed by atoms with E-state index in [2.05, 4.69) is 37.2 Å². The van der Waals surface area contributed by atoms with Crippen molar-refractivity contribution in [2.45, 2.75) is 6.92 Å². The van der Waals surface area contributed by atoms with Crippen molar-refractivity contribution in [2.24, 2.45) is 0 Å². The second-order valence-electron chi connectivity index (χ2n) is 3.92. The Hall–Kier alpha value is -1.13. The molecule has 2 nitrogen and oxygen atoms in total. The van der Waals surface area contributed by atoms with Crippen molar-refractivity contribution in [1.82, 2.24) is 0 Å². The van der Waals surface area contributed by atoms with Crippen molar-refractivity contribution in [3.8, 4) is 0 Å². The lowest BCUT2D eigenvalue weighted by atomic mass is 10.1. The number of hydrogen-bond acceptors (Lipinski definition) is 1. The van der Waals surface area contributed by atoms with Gasteiger partial charge in [0.1, 0.15) is 0 Å². The molecular weight excluding hydrogens is 358 g/mol. The summed E-state index contributed by atoms with van der Waals surface area (Å²) < 4.78 is 1.89. The van der Waals surface area contributed by atoms with Crippen LogP contribution in [0.2, 0.25) is 0 Å². The molecule has 0 spiro atoms. The van der Waals surface area contributed by atoms with Gasteiger partial charge in [-0.3, -0.25) is 4.79 Å². The van der Waals surface area contributed by atoms with Gasteiger partial charge >= 0.3 is 0 Å². The second-order valence-corrected chi connectivity index (χ2v) is 5.76. The minimum absolute atomic E-state index is 0.110. The highest BCUT2D eigenvalue weighted by Gasteiger charge is 2.07. The van der Waals surface area contributed by atoms with Gasteiger partial charge in [0, 0.05) is 20.2 Å². The first-order valence-corrected chi connectivity index (χ1v) is 6.98. The fourth-order valence-electron chi connectivity index (χ4n) is 1.59. The molecule has 0 radical (unpaired) electrons. The first-order valence-electron chi connectivity index (χ1n) is 5.39. The van der Waals surface area contributed by atoms with Gasteiger partial charge in [0.15, 0.2) is 0 Å². The zero-order valence-corrected chi connectivity index (χ0v) is 12.9. The standard InChI is InChI=1S/C14H11Br2NO/c1-9-7-12(16)5-6-13(9)17-14(18)10-3-2-4-11(15)8-10/h2-8H,1H3,(H,17,18). The number of amides is 1. The molecule has 0 heterocycles. The average molecular weight is 369 g/mol. The number of halogens is 2. The van der Waals surface area contributed by atoms with Crippen LogP contribution in [0.15, 0.2) is 51.4 Å². The first kappa shape index (κ1) is 13.3. The highest BCUT2D eigenvalue weighted by atomic mass is 79.9. The third-order valence-corrected chi connectivity index (χ3v) is 3.51. The lowest BCUT2D eigenvalue weighted by molar-refractivity contribution is 0.102. The van der Waals surface area contributed by atoms with Crippen molar-refractivity contribution in [3.05, 3.63) is 62.5 Å². The fraction of sp³-hybridized carbons (Fsp3) is 0.0714. The largest absolute Gasteiger partial charge is 0.322 e. The van der Waals surface area contributed by atoms with E-state index in [1.807, 2.05) is 37.3 Å². The van der Waals surface area contributed by atoms with E-state index in [4.69, 9.17) is 0 Å². The Balaban J connectivity index is 2.21. The topological polar surface area (TPSA) is 29.1 Å². The summed E-state index contributed by atoms with van der Waals surface area (Å²) in [5, 5.41) is 2.90. The van der Waals surface area contributed by atoms with Gasteiger partial charge in [0.2, 0.25) is 0 Å². The molecule has 0 aliphatic rings. The molecule has 0 bridgehead atoms. The molecule has 0 aliphatic carbocycles. The molecule has 0 saturated heterocycles. The SMILES string of the molecule is Cc1cc(Br)ccc1NC(=O)c1cccc(Br)c1. The van der Waals surface area contributed by atoms with Gasteiger partial charge in [-0.25, -0.2) is 0 Å². The monoisotopic (exact) mass is 367 g/mol. The number of anilines is 1. The molecule has 0 fully saturated rings. The van der Waals surface area contributed by atoms with E-state index in [1.54, 1.807) is 12.1 Å². The maximum absolute atomic E-state index is 12.1. The summed E-state index contributed by atoms with van der Waals surface area (Å²) in [6.07, 6.45) is 0. The molecule has 2 rings (SSSR count). The zero-order valence-electron chi connectivity index (χ0n) is 9.71. The molecule has 0 saturated carbocycles. The van der Waals surface area contributed by atoms with Gasteiger partial charge < -0.3 is 5.32 Å². The average Bonchev–Trinajstić information content (AvgIpc) is 2.32. The van der Waals surface area contributed by atoms with Gasteiger partial charge in [0.25, 0.3) is 5.91 Å². The van der Waals surface area contributed by atoms with Crippen LogP contribution in [0.3, 0.4) is 0 Å². The Morgan fingerprint density at radius 3 is 2.44 bits per heavy atom. The summed E-state index contributed by atoms with van der Waals surface area (Å²) in [6.45, 7) is 1.96. The van der Waals surface area contributed by atoms with E-state index < -0.39 is 0 Å². The van der Waals surface area contributed by atoms with E-state index >= 15 is 0 Å². The molecule has 1 amide bonds. The number of nitrogens with one attached hydrogen (secondary N) is 1. The number of benzene rings is 2. The predicted molar refractivity (Wildman–Crippen MR) is 81.0 cm³/mol. The smallest absolute Gasteiger partial charge is 0.255 e. The van der Waals surface area contributed by atoms with Crippen LogP contribution in [0.5, 0.6) is 0 Å². The van der Waals surface area contributed by atoms with Crippen molar-refractivity contribution in [3.63, 3.8) is 0 Å². The van der Waals surface area contributed by atoms with Crippen molar-refractivity contribution in [2.75, 3.05) is 5.32 Å². The van der Waals surface area contributed by atoms with Crippen LogP contribution in [0, 0.1) is 6.92 Å². The predicted octanol–water partition coefficient (Wildman–Crippen LogP) is 4.77. The van der Waals surface area contributed by atoms with Crippen LogP contribution in [0.25, 0.3) is 0 Å². The Kier molecular flexibility index (Phi) is 4.19. The molecule has 0 atom stereocenters. The van der Waals surface area contributed by atoms with Gasteiger partial charge in [-0.1, -0.05) is 37.9 Å². The molecule has 4 heteroatoms. The Morgan fingerprint density at radius 2 is 1.78 bits per heavy atom. The van der Waals surface area contributed by atoms with Gasteiger partial charge in [0.05, 0.1) is 0 Å². The molecule has 2 aromatic carbocycles. The summed E-state index contributed by atoms with van der Waals surface area (Å²) in [6, 6.07) is 13.1. The highest BCUT2D eigenvalue weighted by Crippen LogP contribution is 2.21. The molecule has 0 aliphatic heterocycles. The third kappa shape index (κ3) is 3.21. The van der Waals surface area contributed by atoms with Gasteiger partial charge in [-0.05, 0) is 48.9 Å². The van der Waals surface area contributed by atoms with Crippen molar-refractivity contribution >= 4 is 43.5 Å². The van der Waals surface area contributed by atoms with Crippen LogP contribution >= 0.6 is 31.9 Å². The maximum Gasteiger partial charge on any atom is 0.255 e. The van der Waals surface area contributed by atoms with E-state index in [-0.39, 0.29) is 5.91 Å². The Bertz CT molecular complexity index is 596. The van der Waals surface area contributed by atoms with E-state index in [0.29, 0.717) is 5.56 Å². The highest BCUT2D eigenvalue weighted by molar-refractivity contribution is 9.10. The molecule has 92 valence electrons. The normalized spacial score (nSPS) is 10.2. The molecule has 18 heavy (non-hydrogen) atoms. The maximum atomic E-state index is 12.1. The number of aryl methyl sites for hydroxylation is 1. The Labute approximate surface area is 123 Å². The zero-order chi connectivity index (χ0) is 13.1. The van der Waals surface area contributed by atoms with Crippen LogP contribution in [-0.2, 0) is 0 Å². The van der Waals surface area contributed by atoms with Gasteiger partial charge in [-0.15, -0.1) is 0 Å². The quantitative estimate of drug-likeness (QED) is 0.812. The van der Waals surface area contributed by atoms with E-state index in [9.17, 15) is 4.79 Å². The number of rotatable bonds is 2. The summed E-state index contributed by atoms with van der Waals surface area (Å²) in [5.74, 6) is -0.110. The van der Waals surface area contributed by atoms with Crippen LogP contribution in [-0.4, -0.2) is 5.91 Å². The third-order valence-electron chi connectivity index (χ3n) is 2.52. The lowest BCUT2D eigenvalue weighted by Gasteiger charge is -2.09. The first-order chi connectivity index (χ1) is 8.56. The summed E-state index contributed by atoms with van der Waals surface area (Å²) in [4.78, 5) is 12.1. The summed E-state index contributed by atoms with van der Waals surface area (Å²) in [7, 11) is 0. The molecule has 1 N–H and O–H groups in total. The number of carbonyl (C=O) groups is 1. The molecule has 2 aromatic rings. The minimum Gasteiger partial charge on any atom is -0.322 e. The van der Waals surface area contributed by atoms with Crippen LogP contribution in [0.1, 0.15) is 15.9 Å². The van der Waals surface area contributed by atoms with Crippen LogP contribution in [0.4, 0.5) is 5.69 Å². The molecule has 0 aromatic heterocycles.